The third-order valence-corrected chi connectivity index (χ3v) is 2.63. The van der Waals surface area contributed by atoms with Crippen molar-refractivity contribution < 1.29 is 19.5 Å². The van der Waals surface area contributed by atoms with Gasteiger partial charge >= 0.3 is 5.97 Å². The summed E-state index contributed by atoms with van der Waals surface area (Å²) in [6.07, 6.45) is -0.0424. The quantitative estimate of drug-likeness (QED) is 0.581. The SMILES string of the molecule is CC(C(=O)O)C1(C)CC(=O)NC1=O. The lowest BCUT2D eigenvalue weighted by atomic mass is 9.77. The summed E-state index contributed by atoms with van der Waals surface area (Å²) in [5.41, 5.74) is -1.09. The van der Waals surface area contributed by atoms with Crippen LogP contribution in [-0.2, 0) is 14.4 Å². The maximum Gasteiger partial charge on any atom is 0.307 e. The molecular weight excluding hydrogens is 174 g/mol. The fourth-order valence-corrected chi connectivity index (χ4v) is 1.35. The molecule has 0 bridgehead atoms. The van der Waals surface area contributed by atoms with Crippen LogP contribution in [-0.4, -0.2) is 22.9 Å². The van der Waals surface area contributed by atoms with Crippen molar-refractivity contribution in [3.8, 4) is 0 Å². The highest BCUT2D eigenvalue weighted by molar-refractivity contribution is 6.07. The number of carboxylic acids is 1. The number of carbonyl (C=O) groups excluding carboxylic acids is 2. The van der Waals surface area contributed by atoms with E-state index >= 15 is 0 Å². The minimum atomic E-state index is -1.09. The molecule has 0 aliphatic carbocycles. The largest absolute Gasteiger partial charge is 0.481 e. The van der Waals surface area contributed by atoms with Gasteiger partial charge in [0.1, 0.15) is 0 Å². The molecule has 2 atom stereocenters. The van der Waals surface area contributed by atoms with Crippen molar-refractivity contribution in [2.75, 3.05) is 0 Å². The summed E-state index contributed by atoms with van der Waals surface area (Å²) in [7, 11) is 0. The third kappa shape index (κ3) is 1.41. The molecule has 1 heterocycles. The van der Waals surface area contributed by atoms with Crippen molar-refractivity contribution in [1.82, 2.24) is 5.32 Å². The van der Waals surface area contributed by atoms with Gasteiger partial charge in [0, 0.05) is 6.42 Å². The van der Waals surface area contributed by atoms with E-state index in [1.165, 1.54) is 13.8 Å². The lowest BCUT2D eigenvalue weighted by Gasteiger charge is -2.23. The Kier molecular flexibility index (Phi) is 2.11. The van der Waals surface area contributed by atoms with E-state index in [-0.39, 0.29) is 6.42 Å². The van der Waals surface area contributed by atoms with Gasteiger partial charge in [0.05, 0.1) is 11.3 Å². The van der Waals surface area contributed by atoms with Gasteiger partial charge in [-0.25, -0.2) is 0 Å². The van der Waals surface area contributed by atoms with Crippen molar-refractivity contribution in [2.45, 2.75) is 20.3 Å². The molecule has 13 heavy (non-hydrogen) atoms. The lowest BCUT2D eigenvalue weighted by molar-refractivity contribution is -0.149. The first-order valence-electron chi connectivity index (χ1n) is 3.95. The molecule has 1 aliphatic heterocycles. The molecule has 0 radical (unpaired) electrons. The fourth-order valence-electron chi connectivity index (χ4n) is 1.35. The molecule has 2 unspecified atom stereocenters. The van der Waals surface area contributed by atoms with Gasteiger partial charge in [0.2, 0.25) is 11.8 Å². The molecule has 1 aliphatic rings. The first kappa shape index (κ1) is 9.70. The highest BCUT2D eigenvalue weighted by Crippen LogP contribution is 2.35. The van der Waals surface area contributed by atoms with Crippen LogP contribution in [0.5, 0.6) is 0 Å². The van der Waals surface area contributed by atoms with E-state index in [0.717, 1.165) is 0 Å². The van der Waals surface area contributed by atoms with Crippen LogP contribution in [0.2, 0.25) is 0 Å². The zero-order valence-electron chi connectivity index (χ0n) is 7.46. The second-order valence-corrected chi connectivity index (χ2v) is 3.53. The number of carboxylic acid groups (broad SMARTS) is 1. The van der Waals surface area contributed by atoms with E-state index in [1.54, 1.807) is 0 Å². The fraction of sp³-hybridized carbons (Fsp3) is 0.625. The molecule has 0 spiro atoms. The van der Waals surface area contributed by atoms with Crippen LogP contribution < -0.4 is 5.32 Å². The molecule has 5 nitrogen and oxygen atoms in total. The Hall–Kier alpha value is -1.39. The van der Waals surface area contributed by atoms with Crippen molar-refractivity contribution in [1.29, 1.82) is 0 Å². The molecule has 5 heteroatoms. The molecule has 0 aromatic heterocycles. The Bertz CT molecular complexity index is 286. The maximum absolute atomic E-state index is 11.3. The summed E-state index contributed by atoms with van der Waals surface area (Å²) in [6, 6.07) is 0. The lowest BCUT2D eigenvalue weighted by Crippen LogP contribution is -2.38. The third-order valence-electron chi connectivity index (χ3n) is 2.63. The number of aliphatic carboxylic acids is 1. The Morgan fingerprint density at radius 1 is 1.62 bits per heavy atom. The molecule has 1 saturated heterocycles. The zero-order chi connectivity index (χ0) is 10.2. The summed E-state index contributed by atoms with van der Waals surface area (Å²) in [5, 5.41) is 10.8. The van der Waals surface area contributed by atoms with Gasteiger partial charge in [-0.2, -0.15) is 0 Å². The molecule has 0 saturated carbocycles. The molecular formula is C8H11NO4. The zero-order valence-corrected chi connectivity index (χ0v) is 7.46. The molecule has 2 N–H and O–H groups in total. The van der Waals surface area contributed by atoms with Crippen LogP contribution in [0.3, 0.4) is 0 Å². The van der Waals surface area contributed by atoms with Crippen molar-refractivity contribution >= 4 is 17.8 Å². The van der Waals surface area contributed by atoms with Crippen LogP contribution in [0, 0.1) is 11.3 Å². The summed E-state index contributed by atoms with van der Waals surface area (Å²) in [5.74, 6) is -2.81. The summed E-state index contributed by atoms with van der Waals surface area (Å²) < 4.78 is 0. The predicted octanol–water partition coefficient (Wildman–Crippen LogP) is -0.240. The van der Waals surface area contributed by atoms with Crippen molar-refractivity contribution in [3.05, 3.63) is 0 Å². The van der Waals surface area contributed by atoms with Crippen LogP contribution in [0.4, 0.5) is 0 Å². The molecule has 0 aromatic rings. The van der Waals surface area contributed by atoms with E-state index in [0.29, 0.717) is 0 Å². The predicted molar refractivity (Wildman–Crippen MR) is 42.7 cm³/mol. The van der Waals surface area contributed by atoms with Gasteiger partial charge < -0.3 is 5.11 Å². The molecule has 72 valence electrons. The number of carbonyl (C=O) groups is 3. The maximum atomic E-state index is 11.3. The highest BCUT2D eigenvalue weighted by atomic mass is 16.4. The Labute approximate surface area is 75.1 Å². The van der Waals surface area contributed by atoms with Crippen LogP contribution in [0.25, 0.3) is 0 Å². The normalized spacial score (nSPS) is 30.0. The number of amides is 2. The minimum Gasteiger partial charge on any atom is -0.481 e. The van der Waals surface area contributed by atoms with E-state index in [4.69, 9.17) is 5.11 Å². The number of hydrogen-bond acceptors (Lipinski definition) is 3. The first-order valence-corrected chi connectivity index (χ1v) is 3.95. The van der Waals surface area contributed by atoms with Crippen LogP contribution >= 0.6 is 0 Å². The first-order chi connectivity index (χ1) is 5.88. The van der Waals surface area contributed by atoms with E-state index in [2.05, 4.69) is 5.32 Å². The second kappa shape index (κ2) is 2.83. The van der Waals surface area contributed by atoms with Gasteiger partial charge in [-0.05, 0) is 6.92 Å². The number of nitrogens with one attached hydrogen (secondary N) is 1. The molecule has 1 rings (SSSR count). The van der Waals surface area contributed by atoms with Gasteiger partial charge in [-0.3, -0.25) is 19.7 Å². The van der Waals surface area contributed by atoms with Crippen molar-refractivity contribution in [3.63, 3.8) is 0 Å². The van der Waals surface area contributed by atoms with Gasteiger partial charge in [-0.15, -0.1) is 0 Å². The average molecular weight is 185 g/mol. The standard InChI is InChI=1S/C8H11NO4/c1-4(6(11)12)8(2)3-5(10)9-7(8)13/h4H,3H2,1-2H3,(H,11,12)(H,9,10,13). The average Bonchev–Trinajstić information content (AvgIpc) is 2.25. The monoisotopic (exact) mass is 185 g/mol. The highest BCUT2D eigenvalue weighted by Gasteiger charge is 2.49. The van der Waals surface area contributed by atoms with E-state index in [9.17, 15) is 14.4 Å². The van der Waals surface area contributed by atoms with E-state index < -0.39 is 29.1 Å². The molecule has 2 amide bonds. The second-order valence-electron chi connectivity index (χ2n) is 3.53. The van der Waals surface area contributed by atoms with Crippen LogP contribution in [0.15, 0.2) is 0 Å². The number of hydrogen-bond donors (Lipinski definition) is 2. The Morgan fingerprint density at radius 3 is 2.46 bits per heavy atom. The number of imide groups is 1. The number of rotatable bonds is 2. The van der Waals surface area contributed by atoms with Gasteiger partial charge in [0.25, 0.3) is 0 Å². The van der Waals surface area contributed by atoms with Crippen LogP contribution in [0.1, 0.15) is 20.3 Å². The molecule has 0 aromatic carbocycles. The van der Waals surface area contributed by atoms with Gasteiger partial charge in [0.15, 0.2) is 0 Å². The Balaban J connectivity index is 2.94. The molecule has 1 fully saturated rings. The summed E-state index contributed by atoms with van der Waals surface area (Å²) >= 11 is 0. The smallest absolute Gasteiger partial charge is 0.307 e. The summed E-state index contributed by atoms with van der Waals surface area (Å²) in [4.78, 5) is 32.8. The minimum absolute atomic E-state index is 0.0424. The summed E-state index contributed by atoms with van der Waals surface area (Å²) in [6.45, 7) is 2.92. The van der Waals surface area contributed by atoms with Crippen molar-refractivity contribution in [2.24, 2.45) is 11.3 Å². The topological polar surface area (TPSA) is 83.5 Å². The Morgan fingerprint density at radius 2 is 2.15 bits per heavy atom. The van der Waals surface area contributed by atoms with Gasteiger partial charge in [-0.1, -0.05) is 6.92 Å². The van der Waals surface area contributed by atoms with E-state index in [1.807, 2.05) is 0 Å².